The van der Waals surface area contributed by atoms with Crippen molar-refractivity contribution in [3.8, 4) is 0 Å². The van der Waals surface area contributed by atoms with Crippen LogP contribution in [0, 0.1) is 0 Å². The average Bonchev–Trinajstić information content (AvgIpc) is 2.37. The summed E-state index contributed by atoms with van der Waals surface area (Å²) in [7, 11) is 0. The van der Waals surface area contributed by atoms with Crippen molar-refractivity contribution in [1.82, 2.24) is 10.2 Å². The van der Waals surface area contributed by atoms with E-state index in [0.717, 1.165) is 45.3 Å². The Kier molecular flexibility index (Phi) is 6.02. The normalized spacial score (nSPS) is 30.0. The van der Waals surface area contributed by atoms with Gasteiger partial charge in [0.1, 0.15) is 0 Å². The van der Waals surface area contributed by atoms with E-state index in [9.17, 15) is 9.90 Å². The summed E-state index contributed by atoms with van der Waals surface area (Å²) in [6.45, 7) is 7.50. The van der Waals surface area contributed by atoms with Gasteiger partial charge in [-0.25, -0.2) is 0 Å². The van der Waals surface area contributed by atoms with Crippen molar-refractivity contribution in [3.05, 3.63) is 0 Å². The molecule has 122 valence electrons. The molecule has 1 heterocycles. The van der Waals surface area contributed by atoms with Crippen LogP contribution < -0.4 is 5.32 Å². The summed E-state index contributed by atoms with van der Waals surface area (Å²) in [5.74, 6) is -0.0197. The Hall–Kier alpha value is -0.650. The molecular weight excluding hydrogens is 268 g/mol. The van der Waals surface area contributed by atoms with E-state index in [1.165, 1.54) is 6.42 Å². The fourth-order valence-corrected chi connectivity index (χ4v) is 3.57. The van der Waals surface area contributed by atoms with Gasteiger partial charge >= 0.3 is 0 Å². The first kappa shape index (κ1) is 16.7. The predicted molar refractivity (Wildman–Crippen MR) is 82.1 cm³/mol. The summed E-state index contributed by atoms with van der Waals surface area (Å²) >= 11 is 0. The van der Waals surface area contributed by atoms with Crippen molar-refractivity contribution in [2.45, 2.75) is 70.2 Å². The highest BCUT2D eigenvalue weighted by atomic mass is 16.5. The van der Waals surface area contributed by atoms with Gasteiger partial charge in [0.15, 0.2) is 0 Å². The molecular formula is C16H30N2O3. The third-order valence-electron chi connectivity index (χ3n) is 4.52. The summed E-state index contributed by atoms with van der Waals surface area (Å²) < 4.78 is 5.70. The molecule has 0 unspecified atom stereocenters. The topological polar surface area (TPSA) is 61.8 Å². The molecule has 2 atom stereocenters. The number of hydrogen-bond acceptors (Lipinski definition) is 4. The summed E-state index contributed by atoms with van der Waals surface area (Å²) in [6.07, 6.45) is 5.54. The lowest BCUT2D eigenvalue weighted by atomic mass is 9.82. The van der Waals surface area contributed by atoms with Crippen molar-refractivity contribution >= 4 is 5.91 Å². The second-order valence-corrected chi connectivity index (χ2v) is 6.83. The first-order valence-electron chi connectivity index (χ1n) is 8.34. The van der Waals surface area contributed by atoms with Crippen LogP contribution in [0.5, 0.6) is 0 Å². The second kappa shape index (κ2) is 7.56. The Morgan fingerprint density at radius 2 is 1.86 bits per heavy atom. The van der Waals surface area contributed by atoms with Gasteiger partial charge in [-0.05, 0) is 26.7 Å². The molecule has 0 aromatic rings. The first-order chi connectivity index (χ1) is 9.97. The number of carbonyl (C=O) groups excluding carboxylic acids is 1. The Labute approximate surface area is 128 Å². The molecule has 1 saturated carbocycles. The minimum Gasteiger partial charge on any atom is -0.389 e. The van der Waals surface area contributed by atoms with Gasteiger partial charge in [-0.1, -0.05) is 19.3 Å². The molecule has 0 bridgehead atoms. The maximum Gasteiger partial charge on any atom is 0.222 e. The van der Waals surface area contributed by atoms with E-state index in [1.807, 2.05) is 0 Å². The second-order valence-electron chi connectivity index (χ2n) is 6.83. The molecule has 0 spiro atoms. The van der Waals surface area contributed by atoms with Crippen LogP contribution in [0.25, 0.3) is 0 Å². The maximum atomic E-state index is 12.0. The third kappa shape index (κ3) is 5.57. The Balaban J connectivity index is 1.64. The van der Waals surface area contributed by atoms with Crippen LogP contribution in [-0.2, 0) is 9.53 Å². The molecule has 2 aliphatic rings. The number of ether oxygens (including phenoxy) is 1. The predicted octanol–water partition coefficient (Wildman–Crippen LogP) is 1.30. The number of amides is 1. The van der Waals surface area contributed by atoms with Crippen molar-refractivity contribution < 1.29 is 14.6 Å². The van der Waals surface area contributed by atoms with E-state index in [2.05, 4.69) is 24.1 Å². The van der Waals surface area contributed by atoms with Crippen LogP contribution in [-0.4, -0.2) is 59.9 Å². The minimum atomic E-state index is -0.760. The molecule has 5 nitrogen and oxygen atoms in total. The van der Waals surface area contributed by atoms with Gasteiger partial charge in [0.25, 0.3) is 0 Å². The van der Waals surface area contributed by atoms with Crippen molar-refractivity contribution in [1.29, 1.82) is 0 Å². The number of nitrogens with zero attached hydrogens (tertiary/aromatic N) is 1. The lowest BCUT2D eigenvalue weighted by Crippen LogP contribution is -2.48. The van der Waals surface area contributed by atoms with E-state index in [1.54, 1.807) is 0 Å². The largest absolute Gasteiger partial charge is 0.389 e. The van der Waals surface area contributed by atoms with Gasteiger partial charge in [0.05, 0.1) is 24.2 Å². The highest BCUT2D eigenvalue weighted by molar-refractivity contribution is 5.77. The molecule has 1 aliphatic carbocycles. The van der Waals surface area contributed by atoms with Gasteiger partial charge in [-0.3, -0.25) is 9.69 Å². The van der Waals surface area contributed by atoms with Crippen LogP contribution in [0.2, 0.25) is 0 Å². The van der Waals surface area contributed by atoms with E-state index in [0.29, 0.717) is 6.54 Å². The van der Waals surface area contributed by atoms with Gasteiger partial charge in [-0.15, -0.1) is 0 Å². The highest BCUT2D eigenvalue weighted by Crippen LogP contribution is 2.30. The lowest BCUT2D eigenvalue weighted by Gasteiger charge is -2.35. The first-order valence-corrected chi connectivity index (χ1v) is 8.34. The van der Waals surface area contributed by atoms with Gasteiger partial charge in [-0.2, -0.15) is 0 Å². The van der Waals surface area contributed by atoms with Crippen LogP contribution in [0.1, 0.15) is 52.4 Å². The lowest BCUT2D eigenvalue weighted by molar-refractivity contribution is -0.127. The van der Waals surface area contributed by atoms with Gasteiger partial charge in [0, 0.05) is 26.2 Å². The number of aliphatic hydroxyl groups is 1. The monoisotopic (exact) mass is 298 g/mol. The molecule has 21 heavy (non-hydrogen) atoms. The fourth-order valence-electron chi connectivity index (χ4n) is 3.57. The van der Waals surface area contributed by atoms with Crippen molar-refractivity contribution in [2.75, 3.05) is 26.2 Å². The molecule has 2 fully saturated rings. The van der Waals surface area contributed by atoms with E-state index >= 15 is 0 Å². The van der Waals surface area contributed by atoms with Crippen LogP contribution in [0.4, 0.5) is 0 Å². The van der Waals surface area contributed by atoms with Crippen LogP contribution >= 0.6 is 0 Å². The summed E-state index contributed by atoms with van der Waals surface area (Å²) in [5, 5.41) is 13.3. The number of rotatable bonds is 5. The van der Waals surface area contributed by atoms with E-state index in [-0.39, 0.29) is 24.5 Å². The minimum absolute atomic E-state index is 0.0197. The zero-order valence-corrected chi connectivity index (χ0v) is 13.4. The number of carbonyl (C=O) groups is 1. The van der Waals surface area contributed by atoms with E-state index in [4.69, 9.17) is 4.74 Å². The molecule has 2 N–H and O–H groups in total. The van der Waals surface area contributed by atoms with Gasteiger partial charge in [0.2, 0.25) is 5.91 Å². The van der Waals surface area contributed by atoms with Crippen molar-refractivity contribution in [2.24, 2.45) is 0 Å². The zero-order chi connectivity index (χ0) is 15.3. The number of nitrogens with one attached hydrogen (secondary N) is 1. The quantitative estimate of drug-likeness (QED) is 0.803. The summed E-state index contributed by atoms with van der Waals surface area (Å²) in [4.78, 5) is 14.3. The molecule has 2 rings (SSSR count). The Bertz CT molecular complexity index is 332. The summed E-state index contributed by atoms with van der Waals surface area (Å²) in [6, 6.07) is 0. The molecule has 5 heteroatoms. The Morgan fingerprint density at radius 1 is 1.24 bits per heavy atom. The molecule has 0 aromatic carbocycles. The molecule has 1 amide bonds. The van der Waals surface area contributed by atoms with Crippen molar-refractivity contribution in [3.63, 3.8) is 0 Å². The molecule has 1 aliphatic heterocycles. The highest BCUT2D eigenvalue weighted by Gasteiger charge is 2.31. The average molecular weight is 298 g/mol. The number of hydrogen-bond donors (Lipinski definition) is 2. The molecule has 0 radical (unpaired) electrons. The SMILES string of the molecule is C[C@@H]1CN(CCNC(=O)CC2(O)CCCCC2)C[C@@H](C)O1. The smallest absolute Gasteiger partial charge is 0.222 e. The molecule has 0 aromatic heterocycles. The zero-order valence-electron chi connectivity index (χ0n) is 13.4. The van der Waals surface area contributed by atoms with E-state index < -0.39 is 5.60 Å². The Morgan fingerprint density at radius 3 is 2.48 bits per heavy atom. The van der Waals surface area contributed by atoms with Crippen LogP contribution in [0.3, 0.4) is 0 Å². The van der Waals surface area contributed by atoms with Crippen LogP contribution in [0.15, 0.2) is 0 Å². The maximum absolute atomic E-state index is 12.0. The summed E-state index contributed by atoms with van der Waals surface area (Å²) in [5.41, 5.74) is -0.760. The number of morpholine rings is 1. The molecule has 1 saturated heterocycles. The van der Waals surface area contributed by atoms with Gasteiger partial charge < -0.3 is 15.2 Å². The fraction of sp³-hybridized carbons (Fsp3) is 0.938. The third-order valence-corrected chi connectivity index (χ3v) is 4.52. The standard InChI is InChI=1S/C16H30N2O3/c1-13-11-18(12-14(2)21-13)9-8-17-15(19)10-16(20)6-4-3-5-7-16/h13-14,20H,3-12H2,1-2H3,(H,17,19)/t13-,14-/m1/s1.